The summed E-state index contributed by atoms with van der Waals surface area (Å²) in [4.78, 5) is 12.0. The zero-order valence-corrected chi connectivity index (χ0v) is 12.1. The molecule has 1 aromatic carbocycles. The van der Waals surface area contributed by atoms with Crippen molar-refractivity contribution in [2.75, 3.05) is 6.61 Å². The van der Waals surface area contributed by atoms with E-state index in [2.05, 4.69) is 21.2 Å². The van der Waals surface area contributed by atoms with Crippen LogP contribution in [-0.2, 0) is 0 Å². The largest absolute Gasteiger partial charge is 0.394 e. The number of nitrogens with one attached hydrogen (secondary N) is 1. The molecule has 5 heteroatoms. The molecule has 0 aliphatic carbocycles. The van der Waals surface area contributed by atoms with Crippen molar-refractivity contribution in [3.8, 4) is 0 Å². The number of amides is 1. The van der Waals surface area contributed by atoms with Gasteiger partial charge in [-0.15, -0.1) is 0 Å². The fourth-order valence-corrected chi connectivity index (χ4v) is 2.02. The Hall–Kier alpha value is -0.940. The zero-order chi connectivity index (χ0) is 13.8. The first kappa shape index (κ1) is 15.1. The van der Waals surface area contributed by atoms with Gasteiger partial charge in [0.05, 0.1) is 16.6 Å². The van der Waals surface area contributed by atoms with Crippen molar-refractivity contribution in [1.29, 1.82) is 0 Å². The van der Waals surface area contributed by atoms with Gasteiger partial charge in [0, 0.05) is 5.56 Å². The Morgan fingerprint density at radius 1 is 1.44 bits per heavy atom. The second-order valence-electron chi connectivity index (χ2n) is 4.23. The lowest BCUT2D eigenvalue weighted by Crippen LogP contribution is -2.50. The quantitative estimate of drug-likeness (QED) is 0.877. The van der Waals surface area contributed by atoms with E-state index in [0.717, 1.165) is 0 Å². The third-order valence-electron chi connectivity index (χ3n) is 3.22. The normalized spacial score (nSPS) is 11.4. The lowest BCUT2D eigenvalue weighted by Gasteiger charge is -2.30. The second-order valence-corrected chi connectivity index (χ2v) is 5.08. The van der Waals surface area contributed by atoms with E-state index in [1.807, 2.05) is 13.8 Å². The van der Waals surface area contributed by atoms with E-state index in [9.17, 15) is 14.3 Å². The number of hydrogen-bond acceptors (Lipinski definition) is 2. The van der Waals surface area contributed by atoms with Gasteiger partial charge in [0.15, 0.2) is 0 Å². The molecule has 0 saturated heterocycles. The van der Waals surface area contributed by atoms with Crippen LogP contribution in [0, 0.1) is 5.82 Å². The van der Waals surface area contributed by atoms with Crippen LogP contribution in [0.25, 0.3) is 0 Å². The zero-order valence-electron chi connectivity index (χ0n) is 10.5. The van der Waals surface area contributed by atoms with E-state index in [4.69, 9.17) is 0 Å². The van der Waals surface area contributed by atoms with Gasteiger partial charge < -0.3 is 10.4 Å². The summed E-state index contributed by atoms with van der Waals surface area (Å²) in [6.45, 7) is 3.69. The minimum absolute atomic E-state index is 0.117. The first-order valence-electron chi connectivity index (χ1n) is 5.86. The van der Waals surface area contributed by atoms with Crippen LogP contribution >= 0.6 is 15.9 Å². The summed E-state index contributed by atoms with van der Waals surface area (Å²) >= 11 is 3.04. The van der Waals surface area contributed by atoms with Crippen molar-refractivity contribution in [1.82, 2.24) is 5.32 Å². The topological polar surface area (TPSA) is 49.3 Å². The van der Waals surface area contributed by atoms with Gasteiger partial charge in [-0.25, -0.2) is 4.39 Å². The molecular formula is C13H17BrFNO2. The van der Waals surface area contributed by atoms with Crippen molar-refractivity contribution in [2.24, 2.45) is 0 Å². The third-order valence-corrected chi connectivity index (χ3v) is 3.82. The van der Waals surface area contributed by atoms with E-state index in [-0.39, 0.29) is 17.0 Å². The average molecular weight is 318 g/mol. The second kappa shape index (κ2) is 6.29. The molecule has 1 amide bonds. The predicted octanol–water partition coefficient (Wildman–Crippen LogP) is 2.87. The maximum absolute atomic E-state index is 13.1. The number of carbonyl (C=O) groups excluding carboxylic acids is 1. The van der Waals surface area contributed by atoms with Crippen LogP contribution in [-0.4, -0.2) is 23.2 Å². The van der Waals surface area contributed by atoms with E-state index < -0.39 is 11.4 Å². The number of benzene rings is 1. The van der Waals surface area contributed by atoms with Gasteiger partial charge in [-0.05, 0) is 47.0 Å². The molecule has 0 bridgehead atoms. The van der Waals surface area contributed by atoms with Crippen LogP contribution in [0.2, 0.25) is 0 Å². The van der Waals surface area contributed by atoms with E-state index >= 15 is 0 Å². The Labute approximate surface area is 115 Å². The summed E-state index contributed by atoms with van der Waals surface area (Å²) < 4.78 is 13.3. The standard InChI is InChI=1S/C13H17BrFNO2/c1-3-13(4-2,8-17)16-12(18)9-5-6-11(15)10(14)7-9/h5-7,17H,3-4,8H2,1-2H3,(H,16,18). The van der Waals surface area contributed by atoms with Crippen LogP contribution in [0.3, 0.4) is 0 Å². The molecule has 0 saturated carbocycles. The number of rotatable bonds is 5. The molecule has 0 spiro atoms. The Morgan fingerprint density at radius 2 is 2.06 bits per heavy atom. The molecule has 3 nitrogen and oxygen atoms in total. The Kier molecular flexibility index (Phi) is 5.28. The summed E-state index contributed by atoms with van der Waals surface area (Å²) in [6.07, 6.45) is 1.27. The monoisotopic (exact) mass is 317 g/mol. The molecule has 1 aromatic rings. The minimum Gasteiger partial charge on any atom is -0.394 e. The van der Waals surface area contributed by atoms with Crippen LogP contribution < -0.4 is 5.32 Å². The van der Waals surface area contributed by atoms with Crippen molar-refractivity contribution in [2.45, 2.75) is 32.2 Å². The van der Waals surface area contributed by atoms with Crippen molar-refractivity contribution < 1.29 is 14.3 Å². The average Bonchev–Trinajstić information content (AvgIpc) is 2.39. The van der Waals surface area contributed by atoms with E-state index in [0.29, 0.717) is 18.4 Å². The highest BCUT2D eigenvalue weighted by Gasteiger charge is 2.27. The fourth-order valence-electron chi connectivity index (χ4n) is 1.64. The smallest absolute Gasteiger partial charge is 0.251 e. The van der Waals surface area contributed by atoms with Gasteiger partial charge in [0.2, 0.25) is 0 Å². The Bertz CT molecular complexity index is 425. The van der Waals surface area contributed by atoms with Crippen molar-refractivity contribution in [3.05, 3.63) is 34.1 Å². The predicted molar refractivity (Wildman–Crippen MR) is 72.0 cm³/mol. The highest BCUT2D eigenvalue weighted by Crippen LogP contribution is 2.19. The lowest BCUT2D eigenvalue weighted by molar-refractivity contribution is 0.0817. The van der Waals surface area contributed by atoms with Crippen molar-refractivity contribution in [3.63, 3.8) is 0 Å². The minimum atomic E-state index is -0.613. The molecule has 0 fully saturated rings. The maximum Gasteiger partial charge on any atom is 0.251 e. The summed E-state index contributed by atoms with van der Waals surface area (Å²) in [7, 11) is 0. The number of aliphatic hydroxyl groups is 1. The molecule has 2 N–H and O–H groups in total. The molecule has 0 unspecified atom stereocenters. The van der Waals surface area contributed by atoms with Gasteiger partial charge in [0.25, 0.3) is 5.91 Å². The third kappa shape index (κ3) is 3.29. The molecule has 0 heterocycles. The van der Waals surface area contributed by atoms with E-state index in [1.165, 1.54) is 18.2 Å². The molecule has 0 aromatic heterocycles. The van der Waals surface area contributed by atoms with Gasteiger partial charge in [-0.3, -0.25) is 4.79 Å². The molecule has 0 aliphatic rings. The number of carbonyl (C=O) groups is 1. The maximum atomic E-state index is 13.1. The van der Waals surface area contributed by atoms with Gasteiger partial charge in [0.1, 0.15) is 5.82 Å². The van der Waals surface area contributed by atoms with Gasteiger partial charge >= 0.3 is 0 Å². The van der Waals surface area contributed by atoms with Crippen molar-refractivity contribution >= 4 is 21.8 Å². The fraction of sp³-hybridized carbons (Fsp3) is 0.462. The van der Waals surface area contributed by atoms with Gasteiger partial charge in [-0.2, -0.15) is 0 Å². The molecule has 0 aliphatic heterocycles. The number of hydrogen-bond donors (Lipinski definition) is 2. The highest BCUT2D eigenvalue weighted by atomic mass is 79.9. The van der Waals surface area contributed by atoms with Crippen LogP contribution in [0.15, 0.2) is 22.7 Å². The summed E-state index contributed by atoms with van der Waals surface area (Å²) in [5.74, 6) is -0.723. The number of halogens is 2. The van der Waals surface area contributed by atoms with Crippen LogP contribution in [0.5, 0.6) is 0 Å². The molecular weight excluding hydrogens is 301 g/mol. The van der Waals surface area contributed by atoms with E-state index in [1.54, 1.807) is 0 Å². The molecule has 0 atom stereocenters. The van der Waals surface area contributed by atoms with Gasteiger partial charge in [-0.1, -0.05) is 13.8 Å². The molecule has 0 radical (unpaired) electrons. The molecule has 100 valence electrons. The van der Waals surface area contributed by atoms with Crippen LogP contribution in [0.4, 0.5) is 4.39 Å². The Balaban J connectivity index is 2.90. The summed E-state index contributed by atoms with van der Waals surface area (Å²) in [6, 6.07) is 4.08. The SMILES string of the molecule is CCC(CC)(CO)NC(=O)c1ccc(F)c(Br)c1. The first-order chi connectivity index (χ1) is 8.48. The Morgan fingerprint density at radius 3 is 2.50 bits per heavy atom. The number of aliphatic hydroxyl groups excluding tert-OH is 1. The van der Waals surface area contributed by atoms with Crippen LogP contribution in [0.1, 0.15) is 37.0 Å². The molecule has 1 rings (SSSR count). The molecule has 18 heavy (non-hydrogen) atoms. The summed E-state index contributed by atoms with van der Waals surface area (Å²) in [5.41, 5.74) is -0.249. The first-order valence-corrected chi connectivity index (χ1v) is 6.65. The summed E-state index contributed by atoms with van der Waals surface area (Å²) in [5, 5.41) is 12.2. The lowest BCUT2D eigenvalue weighted by atomic mass is 9.93. The highest BCUT2D eigenvalue weighted by molar-refractivity contribution is 9.10.